The van der Waals surface area contributed by atoms with Crippen LogP contribution >= 0.6 is 31.9 Å². The van der Waals surface area contributed by atoms with E-state index in [0.29, 0.717) is 5.56 Å². The van der Waals surface area contributed by atoms with Crippen molar-refractivity contribution in [2.24, 2.45) is 0 Å². The predicted octanol–water partition coefficient (Wildman–Crippen LogP) is 4.66. The molecular formula is C14H12Br2FN. The van der Waals surface area contributed by atoms with Crippen LogP contribution in [0.1, 0.15) is 17.2 Å². The number of nitrogens with one attached hydrogen (secondary N) is 1. The average Bonchev–Trinajstić information content (AvgIpc) is 2.31. The Hall–Kier alpha value is -0.710. The van der Waals surface area contributed by atoms with Crippen molar-refractivity contribution >= 4 is 31.9 Å². The summed E-state index contributed by atoms with van der Waals surface area (Å²) in [5, 5.41) is 3.15. The topological polar surface area (TPSA) is 12.0 Å². The molecule has 1 nitrogen and oxygen atoms in total. The van der Waals surface area contributed by atoms with Gasteiger partial charge < -0.3 is 5.32 Å². The number of rotatable bonds is 3. The van der Waals surface area contributed by atoms with Gasteiger partial charge in [-0.25, -0.2) is 4.39 Å². The lowest BCUT2D eigenvalue weighted by molar-refractivity contribution is 0.576. The van der Waals surface area contributed by atoms with Crippen molar-refractivity contribution in [1.29, 1.82) is 0 Å². The molecule has 2 aromatic rings. The fourth-order valence-corrected chi connectivity index (χ4v) is 3.28. The Kier molecular flexibility index (Phi) is 4.54. The zero-order valence-electron chi connectivity index (χ0n) is 9.75. The van der Waals surface area contributed by atoms with Crippen LogP contribution in [0.15, 0.2) is 51.4 Å². The molecule has 2 rings (SSSR count). The maximum atomic E-state index is 13.9. The summed E-state index contributed by atoms with van der Waals surface area (Å²) in [6.45, 7) is 0. The Bertz CT molecular complexity index is 537. The highest BCUT2D eigenvalue weighted by Gasteiger charge is 2.16. The summed E-state index contributed by atoms with van der Waals surface area (Å²) >= 11 is 6.90. The Balaban J connectivity index is 2.48. The third-order valence-corrected chi connectivity index (χ3v) is 3.64. The van der Waals surface area contributed by atoms with Gasteiger partial charge in [-0.2, -0.15) is 0 Å². The zero-order valence-corrected chi connectivity index (χ0v) is 12.9. The minimum atomic E-state index is -0.201. The molecule has 1 atom stereocenters. The first-order valence-electron chi connectivity index (χ1n) is 5.49. The number of hydrogen-bond acceptors (Lipinski definition) is 1. The summed E-state index contributed by atoms with van der Waals surface area (Å²) in [4.78, 5) is 0. The van der Waals surface area contributed by atoms with E-state index >= 15 is 0 Å². The highest BCUT2D eigenvalue weighted by Crippen LogP contribution is 2.29. The number of hydrogen-bond donors (Lipinski definition) is 1. The molecule has 0 amide bonds. The monoisotopic (exact) mass is 371 g/mol. The fourth-order valence-electron chi connectivity index (χ4n) is 1.95. The van der Waals surface area contributed by atoms with Crippen LogP contribution in [0.3, 0.4) is 0 Å². The first-order chi connectivity index (χ1) is 8.61. The molecule has 0 aliphatic rings. The molecule has 0 saturated heterocycles. The molecule has 0 aliphatic carbocycles. The van der Waals surface area contributed by atoms with Crippen LogP contribution in [-0.4, -0.2) is 7.05 Å². The maximum Gasteiger partial charge on any atom is 0.128 e. The summed E-state index contributed by atoms with van der Waals surface area (Å²) < 4.78 is 15.8. The second-order valence-electron chi connectivity index (χ2n) is 3.95. The van der Waals surface area contributed by atoms with Crippen LogP contribution in [0, 0.1) is 5.82 Å². The minimum absolute atomic E-state index is 0.167. The third-order valence-electron chi connectivity index (χ3n) is 2.72. The highest BCUT2D eigenvalue weighted by atomic mass is 79.9. The van der Waals surface area contributed by atoms with Crippen LogP contribution < -0.4 is 5.32 Å². The van der Waals surface area contributed by atoms with E-state index < -0.39 is 0 Å². The zero-order chi connectivity index (χ0) is 13.1. The lowest BCUT2D eigenvalue weighted by Crippen LogP contribution is -2.18. The minimum Gasteiger partial charge on any atom is -0.309 e. The van der Waals surface area contributed by atoms with Gasteiger partial charge in [0, 0.05) is 14.5 Å². The third kappa shape index (κ3) is 2.99. The first kappa shape index (κ1) is 13.7. The van der Waals surface area contributed by atoms with Crippen molar-refractivity contribution in [3.63, 3.8) is 0 Å². The Morgan fingerprint density at radius 1 is 1.06 bits per heavy atom. The lowest BCUT2D eigenvalue weighted by Gasteiger charge is -2.18. The molecular weight excluding hydrogens is 361 g/mol. The Morgan fingerprint density at radius 2 is 1.67 bits per heavy atom. The van der Waals surface area contributed by atoms with Crippen molar-refractivity contribution in [3.8, 4) is 0 Å². The van der Waals surface area contributed by atoms with Gasteiger partial charge in [0.25, 0.3) is 0 Å². The molecule has 0 spiro atoms. The van der Waals surface area contributed by atoms with Crippen LogP contribution in [0.25, 0.3) is 0 Å². The van der Waals surface area contributed by atoms with Gasteiger partial charge in [0.2, 0.25) is 0 Å². The van der Waals surface area contributed by atoms with E-state index in [1.165, 1.54) is 6.07 Å². The van der Waals surface area contributed by atoms with Crippen LogP contribution in [0.2, 0.25) is 0 Å². The van der Waals surface area contributed by atoms with Crippen molar-refractivity contribution in [2.75, 3.05) is 7.05 Å². The van der Waals surface area contributed by atoms with E-state index in [9.17, 15) is 4.39 Å². The molecule has 0 saturated carbocycles. The second kappa shape index (κ2) is 5.95. The highest BCUT2D eigenvalue weighted by molar-refractivity contribution is 9.11. The summed E-state index contributed by atoms with van der Waals surface area (Å²) in [6, 6.07) is 12.6. The van der Waals surface area contributed by atoms with Gasteiger partial charge in [0.1, 0.15) is 5.82 Å². The normalized spacial score (nSPS) is 12.4. The van der Waals surface area contributed by atoms with Gasteiger partial charge >= 0.3 is 0 Å². The van der Waals surface area contributed by atoms with Crippen molar-refractivity contribution in [1.82, 2.24) is 5.32 Å². The van der Waals surface area contributed by atoms with Crippen LogP contribution in [0.5, 0.6) is 0 Å². The van der Waals surface area contributed by atoms with Gasteiger partial charge in [-0.1, -0.05) is 50.1 Å². The molecule has 0 fully saturated rings. The quantitative estimate of drug-likeness (QED) is 0.826. The summed E-state index contributed by atoms with van der Waals surface area (Å²) in [5.74, 6) is -0.201. The molecule has 18 heavy (non-hydrogen) atoms. The van der Waals surface area contributed by atoms with E-state index in [-0.39, 0.29) is 11.9 Å². The molecule has 2 aromatic carbocycles. The fraction of sp³-hybridized carbons (Fsp3) is 0.143. The molecule has 0 heterocycles. The molecule has 0 aliphatic heterocycles. The van der Waals surface area contributed by atoms with E-state index in [2.05, 4.69) is 37.2 Å². The lowest BCUT2D eigenvalue weighted by atomic mass is 9.98. The van der Waals surface area contributed by atoms with E-state index in [1.54, 1.807) is 12.1 Å². The van der Waals surface area contributed by atoms with Gasteiger partial charge in [-0.3, -0.25) is 0 Å². The molecule has 94 valence electrons. The van der Waals surface area contributed by atoms with Gasteiger partial charge in [-0.15, -0.1) is 0 Å². The molecule has 1 N–H and O–H groups in total. The van der Waals surface area contributed by atoms with E-state index in [0.717, 1.165) is 14.5 Å². The SMILES string of the molecule is CNC(c1cc(Br)cc(Br)c1)c1ccccc1F. The second-order valence-corrected chi connectivity index (χ2v) is 5.78. The molecule has 0 aromatic heterocycles. The van der Waals surface area contributed by atoms with Gasteiger partial charge in [0.15, 0.2) is 0 Å². The van der Waals surface area contributed by atoms with Crippen molar-refractivity contribution < 1.29 is 4.39 Å². The Labute approximate surface area is 123 Å². The number of benzene rings is 2. The van der Waals surface area contributed by atoms with Crippen LogP contribution in [0.4, 0.5) is 4.39 Å². The van der Waals surface area contributed by atoms with E-state index in [4.69, 9.17) is 0 Å². The summed E-state index contributed by atoms with van der Waals surface area (Å²) in [5.41, 5.74) is 1.65. The van der Waals surface area contributed by atoms with E-state index in [1.807, 2.05) is 31.3 Å². The molecule has 0 bridgehead atoms. The van der Waals surface area contributed by atoms with Gasteiger partial charge in [0.05, 0.1) is 6.04 Å². The molecule has 1 unspecified atom stereocenters. The standard InChI is InChI=1S/C14H12Br2FN/c1-18-14(12-4-2-3-5-13(12)17)9-6-10(15)8-11(16)7-9/h2-8,14,18H,1H3. The Morgan fingerprint density at radius 3 is 2.22 bits per heavy atom. The van der Waals surface area contributed by atoms with Crippen molar-refractivity contribution in [3.05, 3.63) is 68.4 Å². The molecule has 0 radical (unpaired) electrons. The number of halogens is 3. The summed E-state index contributed by atoms with van der Waals surface area (Å²) in [7, 11) is 1.83. The molecule has 4 heteroatoms. The maximum absolute atomic E-state index is 13.9. The first-order valence-corrected chi connectivity index (χ1v) is 7.08. The summed E-state index contributed by atoms with van der Waals surface area (Å²) in [6.07, 6.45) is 0. The van der Waals surface area contributed by atoms with Crippen molar-refractivity contribution in [2.45, 2.75) is 6.04 Å². The van der Waals surface area contributed by atoms with Crippen LogP contribution in [-0.2, 0) is 0 Å². The van der Waals surface area contributed by atoms with Gasteiger partial charge in [-0.05, 0) is 36.9 Å². The largest absolute Gasteiger partial charge is 0.309 e. The average molecular weight is 373 g/mol. The predicted molar refractivity (Wildman–Crippen MR) is 79.1 cm³/mol. The smallest absolute Gasteiger partial charge is 0.128 e.